The number of hydrogen-bond donors (Lipinski definition) is 1. The van der Waals surface area contributed by atoms with Crippen LogP contribution in [0.4, 0.5) is 4.79 Å². The maximum atomic E-state index is 12.5. The number of nitrogens with one attached hydrogen (secondary N) is 1. The van der Waals surface area contributed by atoms with E-state index in [1.54, 1.807) is 0 Å². The molecule has 122 valence electrons. The van der Waals surface area contributed by atoms with Crippen molar-refractivity contribution in [2.24, 2.45) is 0 Å². The fourth-order valence-electron chi connectivity index (χ4n) is 3.23. The lowest BCUT2D eigenvalue weighted by molar-refractivity contribution is -0.149. The smallest absolute Gasteiger partial charge is 0.326 e. The highest BCUT2D eigenvalue weighted by Gasteiger charge is 2.51. The molecule has 3 amide bonds. The molecular weight excluding hydrogens is 296 g/mol. The Balaban J connectivity index is 1.58. The second kappa shape index (κ2) is 6.40. The van der Waals surface area contributed by atoms with Gasteiger partial charge in [0.05, 0.1) is 0 Å². The van der Waals surface area contributed by atoms with Crippen molar-refractivity contribution in [3.63, 3.8) is 0 Å². The number of imide groups is 1. The molecule has 1 N–H and O–H groups in total. The van der Waals surface area contributed by atoms with Gasteiger partial charge in [0.25, 0.3) is 5.91 Å². The summed E-state index contributed by atoms with van der Waals surface area (Å²) in [7, 11) is 0. The predicted molar refractivity (Wildman–Crippen MR) is 82.3 cm³/mol. The first-order valence-electron chi connectivity index (χ1n) is 7.94. The van der Waals surface area contributed by atoms with E-state index in [1.165, 1.54) is 0 Å². The quantitative estimate of drug-likeness (QED) is 0.681. The van der Waals surface area contributed by atoms with Gasteiger partial charge >= 0.3 is 12.0 Å². The normalized spacial score (nSPS) is 19.7. The molecule has 1 saturated carbocycles. The number of esters is 1. The van der Waals surface area contributed by atoms with E-state index in [4.69, 9.17) is 4.74 Å². The van der Waals surface area contributed by atoms with Crippen LogP contribution in [0.15, 0.2) is 30.3 Å². The van der Waals surface area contributed by atoms with Crippen LogP contribution in [0.25, 0.3) is 0 Å². The molecular formula is C17H20N2O4. The van der Waals surface area contributed by atoms with E-state index in [1.807, 2.05) is 30.3 Å². The lowest BCUT2D eigenvalue weighted by atomic mass is 9.82. The Labute approximate surface area is 134 Å². The summed E-state index contributed by atoms with van der Waals surface area (Å²) in [5.74, 6) is -0.871. The van der Waals surface area contributed by atoms with Crippen LogP contribution < -0.4 is 5.32 Å². The molecule has 0 atom stereocenters. The maximum absolute atomic E-state index is 12.5. The molecule has 0 bridgehead atoms. The third-order valence-electron chi connectivity index (χ3n) is 4.48. The molecule has 6 heteroatoms. The van der Waals surface area contributed by atoms with Crippen molar-refractivity contribution in [2.75, 3.05) is 6.54 Å². The van der Waals surface area contributed by atoms with Gasteiger partial charge in [-0.1, -0.05) is 49.6 Å². The summed E-state index contributed by atoms with van der Waals surface area (Å²) in [6, 6.07) is 8.78. The lowest BCUT2D eigenvalue weighted by Crippen LogP contribution is -2.48. The van der Waals surface area contributed by atoms with Gasteiger partial charge in [-0.3, -0.25) is 14.5 Å². The molecule has 1 aliphatic carbocycles. The van der Waals surface area contributed by atoms with Gasteiger partial charge in [0, 0.05) is 0 Å². The molecule has 23 heavy (non-hydrogen) atoms. The highest BCUT2D eigenvalue weighted by molar-refractivity contribution is 6.08. The number of hydrogen-bond acceptors (Lipinski definition) is 4. The highest BCUT2D eigenvalue weighted by atomic mass is 16.5. The number of carbonyl (C=O) groups excluding carboxylic acids is 3. The number of urea groups is 1. The molecule has 0 unspecified atom stereocenters. The Hall–Kier alpha value is -2.37. The van der Waals surface area contributed by atoms with Crippen molar-refractivity contribution in [1.82, 2.24) is 10.2 Å². The minimum Gasteiger partial charge on any atom is -0.459 e. The number of nitrogens with zero attached hydrogens (tertiary/aromatic N) is 1. The van der Waals surface area contributed by atoms with Gasteiger partial charge < -0.3 is 10.1 Å². The summed E-state index contributed by atoms with van der Waals surface area (Å²) in [6.07, 6.45) is 4.20. The minimum absolute atomic E-state index is 0.133. The number of benzene rings is 1. The summed E-state index contributed by atoms with van der Waals surface area (Å²) in [5, 5.41) is 2.78. The molecule has 2 aliphatic rings. The lowest BCUT2D eigenvalue weighted by Gasteiger charge is -2.30. The summed E-state index contributed by atoms with van der Waals surface area (Å²) >= 11 is 0. The van der Waals surface area contributed by atoms with E-state index >= 15 is 0 Å². The average Bonchev–Trinajstić information content (AvgIpc) is 2.79. The average molecular weight is 316 g/mol. The van der Waals surface area contributed by atoms with Crippen LogP contribution in [-0.4, -0.2) is 34.9 Å². The van der Waals surface area contributed by atoms with Gasteiger partial charge in [0.1, 0.15) is 18.7 Å². The van der Waals surface area contributed by atoms with E-state index in [9.17, 15) is 14.4 Å². The Bertz CT molecular complexity index is 608. The fraction of sp³-hybridized carbons (Fsp3) is 0.471. The Kier molecular flexibility index (Phi) is 4.32. The Morgan fingerprint density at radius 2 is 1.83 bits per heavy atom. The van der Waals surface area contributed by atoms with E-state index < -0.39 is 17.5 Å². The second-order valence-electron chi connectivity index (χ2n) is 6.11. The third-order valence-corrected chi connectivity index (χ3v) is 4.48. The molecule has 0 radical (unpaired) electrons. The molecule has 2 fully saturated rings. The van der Waals surface area contributed by atoms with Crippen LogP contribution in [-0.2, 0) is 20.9 Å². The summed E-state index contributed by atoms with van der Waals surface area (Å²) in [4.78, 5) is 37.5. The van der Waals surface area contributed by atoms with Crippen molar-refractivity contribution >= 4 is 17.9 Å². The van der Waals surface area contributed by atoms with Gasteiger partial charge in [0.15, 0.2) is 0 Å². The highest BCUT2D eigenvalue weighted by Crippen LogP contribution is 2.33. The summed E-state index contributed by atoms with van der Waals surface area (Å²) < 4.78 is 5.15. The van der Waals surface area contributed by atoms with Crippen LogP contribution in [0.5, 0.6) is 0 Å². The van der Waals surface area contributed by atoms with Crippen LogP contribution in [0.1, 0.15) is 37.7 Å². The van der Waals surface area contributed by atoms with Crippen molar-refractivity contribution < 1.29 is 19.1 Å². The van der Waals surface area contributed by atoms with Crippen LogP contribution in [0.3, 0.4) is 0 Å². The Morgan fingerprint density at radius 3 is 2.52 bits per heavy atom. The number of carbonyl (C=O) groups is 3. The molecule has 1 aromatic rings. The second-order valence-corrected chi connectivity index (χ2v) is 6.11. The molecule has 3 rings (SSSR count). The zero-order valence-electron chi connectivity index (χ0n) is 12.9. The maximum Gasteiger partial charge on any atom is 0.326 e. The van der Waals surface area contributed by atoms with Gasteiger partial charge in [-0.25, -0.2) is 4.79 Å². The SMILES string of the molecule is O=C(CN1C(=O)NC2(CCCCC2)C1=O)OCc1ccccc1. The zero-order chi connectivity index (χ0) is 16.3. The van der Waals surface area contributed by atoms with Crippen molar-refractivity contribution in [2.45, 2.75) is 44.2 Å². The van der Waals surface area contributed by atoms with Gasteiger partial charge in [-0.2, -0.15) is 0 Å². The first-order chi connectivity index (χ1) is 11.1. The Morgan fingerprint density at radius 1 is 1.13 bits per heavy atom. The number of ether oxygens (including phenoxy) is 1. The number of amides is 3. The van der Waals surface area contributed by atoms with E-state index in [2.05, 4.69) is 5.32 Å². The topological polar surface area (TPSA) is 75.7 Å². The summed E-state index contributed by atoms with van der Waals surface area (Å²) in [6.45, 7) is -0.201. The molecule has 1 heterocycles. The third kappa shape index (κ3) is 3.21. The first-order valence-corrected chi connectivity index (χ1v) is 7.94. The van der Waals surface area contributed by atoms with Crippen molar-refractivity contribution in [3.8, 4) is 0 Å². The standard InChI is InChI=1S/C17H20N2O4/c20-14(23-12-13-7-3-1-4-8-13)11-19-15(21)17(18-16(19)22)9-5-2-6-10-17/h1,3-4,7-8H,2,5-6,9-12H2,(H,18,22). The fourth-order valence-corrected chi connectivity index (χ4v) is 3.23. The van der Waals surface area contributed by atoms with E-state index in [0.717, 1.165) is 29.7 Å². The van der Waals surface area contributed by atoms with Crippen molar-refractivity contribution in [3.05, 3.63) is 35.9 Å². The van der Waals surface area contributed by atoms with E-state index in [-0.39, 0.29) is 19.1 Å². The summed E-state index contributed by atoms with van der Waals surface area (Å²) in [5.41, 5.74) is 0.0662. The number of rotatable bonds is 4. The van der Waals surface area contributed by atoms with Gasteiger partial charge in [0.2, 0.25) is 0 Å². The molecule has 1 aromatic carbocycles. The van der Waals surface area contributed by atoms with E-state index in [0.29, 0.717) is 12.8 Å². The van der Waals surface area contributed by atoms with Crippen molar-refractivity contribution in [1.29, 1.82) is 0 Å². The molecule has 1 saturated heterocycles. The molecule has 1 aliphatic heterocycles. The van der Waals surface area contributed by atoms with Crippen LogP contribution >= 0.6 is 0 Å². The minimum atomic E-state index is -0.797. The van der Waals surface area contributed by atoms with Gasteiger partial charge in [-0.15, -0.1) is 0 Å². The molecule has 0 aromatic heterocycles. The zero-order valence-corrected chi connectivity index (χ0v) is 12.9. The predicted octanol–water partition coefficient (Wildman–Crippen LogP) is 1.98. The largest absolute Gasteiger partial charge is 0.459 e. The first kappa shape index (κ1) is 15.5. The van der Waals surface area contributed by atoms with Gasteiger partial charge in [-0.05, 0) is 18.4 Å². The van der Waals surface area contributed by atoms with Crippen LogP contribution in [0, 0.1) is 0 Å². The molecule has 6 nitrogen and oxygen atoms in total. The molecule has 1 spiro atoms. The monoisotopic (exact) mass is 316 g/mol. The van der Waals surface area contributed by atoms with Crippen LogP contribution in [0.2, 0.25) is 0 Å².